The Morgan fingerprint density at radius 2 is 2.31 bits per heavy atom. The fourth-order valence-electron chi connectivity index (χ4n) is 1.93. The van der Waals surface area contributed by atoms with Crippen molar-refractivity contribution < 1.29 is 9.90 Å². The third kappa shape index (κ3) is 2.39. The fraction of sp³-hybridized carbons (Fsp3) is 0.500. The summed E-state index contributed by atoms with van der Waals surface area (Å²) < 4.78 is 0. The summed E-state index contributed by atoms with van der Waals surface area (Å²) >= 11 is 0. The van der Waals surface area contributed by atoms with Crippen LogP contribution in [0.2, 0.25) is 0 Å². The molecule has 16 heavy (non-hydrogen) atoms. The second kappa shape index (κ2) is 4.22. The fourth-order valence-corrected chi connectivity index (χ4v) is 1.93. The van der Waals surface area contributed by atoms with E-state index >= 15 is 0 Å². The number of pyridine rings is 1. The number of carboxylic acids is 1. The Bertz CT molecular complexity index is 374. The highest BCUT2D eigenvalue weighted by atomic mass is 16.4. The van der Waals surface area contributed by atoms with Crippen LogP contribution in [-0.4, -0.2) is 34.6 Å². The molecule has 4 nitrogen and oxygen atoms in total. The van der Waals surface area contributed by atoms with Crippen LogP contribution in [0.25, 0.3) is 0 Å². The van der Waals surface area contributed by atoms with Crippen molar-refractivity contribution in [3.8, 4) is 0 Å². The molecule has 1 N–H and O–H groups in total. The van der Waals surface area contributed by atoms with Crippen LogP contribution in [-0.2, 0) is 11.3 Å². The van der Waals surface area contributed by atoms with Crippen LogP contribution in [0.15, 0.2) is 24.4 Å². The average molecular weight is 220 g/mol. The van der Waals surface area contributed by atoms with Gasteiger partial charge in [0.25, 0.3) is 0 Å². The summed E-state index contributed by atoms with van der Waals surface area (Å²) in [5.41, 5.74) is 0.495. The Labute approximate surface area is 94.9 Å². The Morgan fingerprint density at radius 3 is 2.81 bits per heavy atom. The van der Waals surface area contributed by atoms with Crippen molar-refractivity contribution in [2.24, 2.45) is 5.41 Å². The van der Waals surface area contributed by atoms with E-state index in [1.54, 1.807) is 6.20 Å². The zero-order valence-electron chi connectivity index (χ0n) is 9.39. The maximum atomic E-state index is 11.0. The number of carbonyl (C=O) groups is 1. The van der Waals surface area contributed by atoms with E-state index in [-0.39, 0.29) is 0 Å². The van der Waals surface area contributed by atoms with Gasteiger partial charge in [0, 0.05) is 19.3 Å². The number of rotatable bonds is 5. The van der Waals surface area contributed by atoms with Crippen molar-refractivity contribution in [3.63, 3.8) is 0 Å². The lowest BCUT2D eigenvalue weighted by Gasteiger charge is -2.20. The summed E-state index contributed by atoms with van der Waals surface area (Å²) in [7, 11) is 1.94. The van der Waals surface area contributed by atoms with Gasteiger partial charge in [-0.15, -0.1) is 0 Å². The van der Waals surface area contributed by atoms with Gasteiger partial charge >= 0.3 is 5.97 Å². The van der Waals surface area contributed by atoms with Crippen molar-refractivity contribution in [1.29, 1.82) is 0 Å². The summed E-state index contributed by atoms with van der Waals surface area (Å²) in [4.78, 5) is 17.3. The smallest absolute Gasteiger partial charge is 0.310 e. The zero-order valence-corrected chi connectivity index (χ0v) is 9.39. The molecular weight excluding hydrogens is 204 g/mol. The summed E-state index contributed by atoms with van der Waals surface area (Å²) in [5.74, 6) is -0.666. The van der Waals surface area contributed by atoms with Crippen molar-refractivity contribution in [2.75, 3.05) is 13.6 Å². The lowest BCUT2D eigenvalue weighted by molar-refractivity contribution is -0.144. The van der Waals surface area contributed by atoms with E-state index in [0.29, 0.717) is 13.1 Å². The predicted octanol–water partition coefficient (Wildman–Crippen LogP) is 1.38. The molecule has 0 amide bonds. The predicted molar refractivity (Wildman–Crippen MR) is 59.9 cm³/mol. The second-order valence-corrected chi connectivity index (χ2v) is 4.58. The molecule has 0 aliphatic heterocycles. The zero-order chi connectivity index (χ0) is 11.6. The molecule has 86 valence electrons. The molecule has 1 aromatic rings. The van der Waals surface area contributed by atoms with Crippen LogP contribution >= 0.6 is 0 Å². The SMILES string of the molecule is CN(Cc1ccccn1)CC1(C(=O)O)CC1. The lowest BCUT2D eigenvalue weighted by Crippen LogP contribution is -2.31. The summed E-state index contributed by atoms with van der Waals surface area (Å²) in [6.07, 6.45) is 3.36. The number of aliphatic carboxylic acids is 1. The molecule has 0 radical (unpaired) electrons. The normalized spacial score (nSPS) is 17.4. The third-order valence-electron chi connectivity index (χ3n) is 3.04. The van der Waals surface area contributed by atoms with E-state index in [1.807, 2.05) is 30.1 Å². The molecule has 4 heteroatoms. The van der Waals surface area contributed by atoms with Gasteiger partial charge in [0.15, 0.2) is 0 Å². The van der Waals surface area contributed by atoms with E-state index in [2.05, 4.69) is 4.98 Å². The maximum Gasteiger partial charge on any atom is 0.310 e. The maximum absolute atomic E-state index is 11.0. The number of hydrogen-bond acceptors (Lipinski definition) is 3. The molecule has 2 rings (SSSR count). The summed E-state index contributed by atoms with van der Waals surface area (Å²) in [6, 6.07) is 5.78. The van der Waals surface area contributed by atoms with Crippen molar-refractivity contribution in [3.05, 3.63) is 30.1 Å². The minimum atomic E-state index is -0.666. The van der Waals surface area contributed by atoms with Gasteiger partial charge < -0.3 is 5.11 Å². The molecule has 0 saturated heterocycles. The summed E-state index contributed by atoms with van der Waals surface area (Å²) in [6.45, 7) is 1.31. The standard InChI is InChI=1S/C12H16N2O2/c1-14(8-10-4-2-3-7-13-10)9-12(5-6-12)11(15)16/h2-4,7H,5-6,8-9H2,1H3,(H,15,16). The molecule has 1 aliphatic carbocycles. The lowest BCUT2D eigenvalue weighted by atomic mass is 10.1. The Morgan fingerprint density at radius 1 is 1.56 bits per heavy atom. The Kier molecular flexibility index (Phi) is 2.92. The van der Waals surface area contributed by atoms with Gasteiger partial charge in [-0.1, -0.05) is 6.07 Å². The second-order valence-electron chi connectivity index (χ2n) is 4.58. The van der Waals surface area contributed by atoms with Gasteiger partial charge in [-0.3, -0.25) is 14.7 Å². The first-order chi connectivity index (χ1) is 7.62. The minimum Gasteiger partial charge on any atom is -0.481 e. The molecule has 0 unspecified atom stereocenters. The molecule has 0 bridgehead atoms. The number of carboxylic acid groups (broad SMARTS) is 1. The van der Waals surface area contributed by atoms with E-state index in [9.17, 15) is 4.79 Å². The first kappa shape index (κ1) is 11.1. The van der Waals surface area contributed by atoms with Gasteiger partial charge in [-0.2, -0.15) is 0 Å². The van der Waals surface area contributed by atoms with Gasteiger partial charge in [0.2, 0.25) is 0 Å². The van der Waals surface area contributed by atoms with Crippen LogP contribution in [0.3, 0.4) is 0 Å². The number of aromatic nitrogens is 1. The first-order valence-electron chi connectivity index (χ1n) is 5.44. The van der Waals surface area contributed by atoms with Gasteiger partial charge in [0.1, 0.15) is 0 Å². The van der Waals surface area contributed by atoms with Crippen molar-refractivity contribution in [2.45, 2.75) is 19.4 Å². The molecule has 0 atom stereocenters. The molecule has 1 heterocycles. The van der Waals surface area contributed by atoms with Gasteiger partial charge in [-0.05, 0) is 32.0 Å². The van der Waals surface area contributed by atoms with E-state index in [4.69, 9.17) is 5.11 Å². The Hall–Kier alpha value is -1.42. The highest BCUT2D eigenvalue weighted by molar-refractivity contribution is 5.78. The Balaban J connectivity index is 1.90. The molecule has 1 fully saturated rings. The topological polar surface area (TPSA) is 53.4 Å². The molecule has 0 spiro atoms. The first-order valence-corrected chi connectivity index (χ1v) is 5.44. The molecule has 0 aromatic carbocycles. The minimum absolute atomic E-state index is 0.483. The number of nitrogens with zero attached hydrogens (tertiary/aromatic N) is 2. The van der Waals surface area contributed by atoms with Crippen LogP contribution < -0.4 is 0 Å². The van der Waals surface area contributed by atoms with E-state index < -0.39 is 11.4 Å². The molecular formula is C12H16N2O2. The monoisotopic (exact) mass is 220 g/mol. The highest BCUT2D eigenvalue weighted by Crippen LogP contribution is 2.46. The quantitative estimate of drug-likeness (QED) is 0.814. The van der Waals surface area contributed by atoms with Crippen molar-refractivity contribution in [1.82, 2.24) is 9.88 Å². The van der Waals surface area contributed by atoms with Crippen LogP contribution in [0.1, 0.15) is 18.5 Å². The molecule has 1 saturated carbocycles. The molecule has 1 aliphatic rings. The van der Waals surface area contributed by atoms with E-state index in [1.165, 1.54) is 0 Å². The van der Waals surface area contributed by atoms with Gasteiger partial charge in [-0.25, -0.2) is 0 Å². The third-order valence-corrected chi connectivity index (χ3v) is 3.04. The highest BCUT2D eigenvalue weighted by Gasteiger charge is 2.50. The van der Waals surface area contributed by atoms with Crippen LogP contribution in [0.5, 0.6) is 0 Å². The average Bonchev–Trinajstić information content (AvgIpc) is 3.00. The van der Waals surface area contributed by atoms with Crippen LogP contribution in [0.4, 0.5) is 0 Å². The van der Waals surface area contributed by atoms with Gasteiger partial charge in [0.05, 0.1) is 11.1 Å². The molecule has 1 aromatic heterocycles. The summed E-state index contributed by atoms with van der Waals surface area (Å²) in [5, 5.41) is 9.08. The van der Waals surface area contributed by atoms with Crippen LogP contribution in [0, 0.1) is 5.41 Å². The van der Waals surface area contributed by atoms with E-state index in [0.717, 1.165) is 18.5 Å². The number of hydrogen-bond donors (Lipinski definition) is 1. The largest absolute Gasteiger partial charge is 0.481 e. The van der Waals surface area contributed by atoms with Crippen molar-refractivity contribution >= 4 is 5.97 Å².